The molecule has 1 aliphatic rings. The van der Waals surface area contributed by atoms with Gasteiger partial charge in [-0.05, 0) is 31.9 Å². The number of sulfonamides is 1. The molecule has 0 aliphatic carbocycles. The van der Waals surface area contributed by atoms with Crippen LogP contribution in [0.2, 0.25) is 0 Å². The second-order valence-corrected chi connectivity index (χ2v) is 7.40. The molecule has 0 spiro atoms. The van der Waals surface area contributed by atoms with Crippen molar-refractivity contribution in [1.29, 1.82) is 0 Å². The highest BCUT2D eigenvalue weighted by Crippen LogP contribution is 2.22. The molecule has 0 unspecified atom stereocenters. The number of aryl methyl sites for hydroxylation is 1. The number of ether oxygens (including phenoxy) is 1. The average Bonchev–Trinajstić information content (AvgIpc) is 3.00. The molecule has 0 amide bonds. The molecule has 1 fully saturated rings. The molecule has 2 heterocycles. The van der Waals surface area contributed by atoms with E-state index in [0.29, 0.717) is 42.5 Å². The number of piperidine rings is 1. The summed E-state index contributed by atoms with van der Waals surface area (Å²) in [5, 5.41) is 3.70. The van der Waals surface area contributed by atoms with Gasteiger partial charge in [0, 0.05) is 13.1 Å². The number of benzene rings is 1. The number of nitrogens with zero attached hydrogens (tertiary/aromatic N) is 3. The quantitative estimate of drug-likeness (QED) is 0.826. The Morgan fingerprint density at radius 2 is 1.96 bits per heavy atom. The molecule has 1 aliphatic heterocycles. The SMILES string of the molecule is Cc1noc(COC2CCN(S(=O)(=O)c3ccccc3)CC2)n1. The molecular formula is C15H19N3O4S. The van der Waals surface area contributed by atoms with Gasteiger partial charge in [-0.15, -0.1) is 0 Å². The maximum absolute atomic E-state index is 12.5. The third kappa shape index (κ3) is 3.77. The van der Waals surface area contributed by atoms with E-state index in [2.05, 4.69) is 10.1 Å². The van der Waals surface area contributed by atoms with Gasteiger partial charge in [0.15, 0.2) is 5.82 Å². The van der Waals surface area contributed by atoms with Crippen molar-refractivity contribution in [3.05, 3.63) is 42.0 Å². The topological polar surface area (TPSA) is 85.5 Å². The number of rotatable bonds is 5. The standard InChI is InChI=1S/C15H19N3O4S/c1-12-16-15(22-17-12)11-21-13-7-9-18(10-8-13)23(19,20)14-5-3-2-4-6-14/h2-6,13H,7-11H2,1H3. The van der Waals surface area contributed by atoms with Crippen LogP contribution in [0.3, 0.4) is 0 Å². The lowest BCUT2D eigenvalue weighted by atomic mass is 10.1. The summed E-state index contributed by atoms with van der Waals surface area (Å²) in [6.07, 6.45) is 1.31. The van der Waals surface area contributed by atoms with E-state index in [1.165, 1.54) is 4.31 Å². The summed E-state index contributed by atoms with van der Waals surface area (Å²) in [7, 11) is -3.41. The van der Waals surface area contributed by atoms with Crippen molar-refractivity contribution in [3.63, 3.8) is 0 Å². The fraction of sp³-hybridized carbons (Fsp3) is 0.467. The van der Waals surface area contributed by atoms with Crippen LogP contribution in [0.1, 0.15) is 24.6 Å². The Labute approximate surface area is 135 Å². The molecule has 8 heteroatoms. The lowest BCUT2D eigenvalue weighted by Crippen LogP contribution is -2.40. The summed E-state index contributed by atoms with van der Waals surface area (Å²) < 4.78 is 37.3. The molecule has 1 saturated heterocycles. The Hall–Kier alpha value is -1.77. The molecule has 0 radical (unpaired) electrons. The van der Waals surface area contributed by atoms with Crippen LogP contribution in [-0.2, 0) is 21.4 Å². The van der Waals surface area contributed by atoms with Crippen molar-refractivity contribution in [2.45, 2.75) is 37.4 Å². The summed E-state index contributed by atoms with van der Waals surface area (Å²) in [6, 6.07) is 8.51. The Kier molecular flexibility index (Phi) is 4.74. The lowest BCUT2D eigenvalue weighted by Gasteiger charge is -2.30. The van der Waals surface area contributed by atoms with E-state index in [4.69, 9.17) is 9.26 Å². The molecule has 0 saturated carbocycles. The first-order chi connectivity index (χ1) is 11.1. The van der Waals surface area contributed by atoms with E-state index in [9.17, 15) is 8.42 Å². The van der Waals surface area contributed by atoms with Crippen LogP contribution < -0.4 is 0 Å². The molecular weight excluding hydrogens is 318 g/mol. The van der Waals surface area contributed by atoms with Crippen LogP contribution in [0, 0.1) is 6.92 Å². The van der Waals surface area contributed by atoms with Crippen molar-refractivity contribution in [2.75, 3.05) is 13.1 Å². The summed E-state index contributed by atoms with van der Waals surface area (Å²) >= 11 is 0. The molecule has 7 nitrogen and oxygen atoms in total. The Balaban J connectivity index is 1.54. The molecule has 0 atom stereocenters. The first kappa shape index (κ1) is 16.1. The van der Waals surface area contributed by atoms with Gasteiger partial charge in [0.1, 0.15) is 6.61 Å². The van der Waals surface area contributed by atoms with Gasteiger partial charge in [0.2, 0.25) is 10.0 Å². The zero-order chi connectivity index (χ0) is 16.3. The van der Waals surface area contributed by atoms with Crippen LogP contribution in [0.15, 0.2) is 39.8 Å². The van der Waals surface area contributed by atoms with Gasteiger partial charge in [0.05, 0.1) is 11.0 Å². The Bertz CT molecular complexity index is 737. The average molecular weight is 337 g/mol. The minimum Gasteiger partial charge on any atom is -0.368 e. The van der Waals surface area contributed by atoms with Crippen LogP contribution in [0.25, 0.3) is 0 Å². The zero-order valence-electron chi connectivity index (χ0n) is 12.9. The van der Waals surface area contributed by atoms with Gasteiger partial charge < -0.3 is 9.26 Å². The van der Waals surface area contributed by atoms with Crippen LogP contribution >= 0.6 is 0 Å². The summed E-state index contributed by atoms with van der Waals surface area (Å²) in [4.78, 5) is 4.41. The zero-order valence-corrected chi connectivity index (χ0v) is 13.7. The van der Waals surface area contributed by atoms with Crippen LogP contribution in [-0.4, -0.2) is 42.1 Å². The highest BCUT2D eigenvalue weighted by Gasteiger charge is 2.29. The summed E-state index contributed by atoms with van der Waals surface area (Å²) in [5.41, 5.74) is 0. The number of aromatic nitrogens is 2. The fourth-order valence-corrected chi connectivity index (χ4v) is 4.06. The van der Waals surface area contributed by atoms with Crippen molar-refractivity contribution in [3.8, 4) is 0 Å². The molecule has 23 heavy (non-hydrogen) atoms. The van der Waals surface area contributed by atoms with E-state index in [1.54, 1.807) is 37.3 Å². The number of hydrogen-bond donors (Lipinski definition) is 0. The molecule has 0 N–H and O–H groups in total. The minimum atomic E-state index is -3.41. The monoisotopic (exact) mass is 337 g/mol. The normalized spacial score (nSPS) is 17.4. The van der Waals surface area contributed by atoms with Gasteiger partial charge in [0.25, 0.3) is 5.89 Å². The second-order valence-electron chi connectivity index (χ2n) is 5.46. The predicted octanol–water partition coefficient (Wildman–Crippen LogP) is 1.75. The lowest BCUT2D eigenvalue weighted by molar-refractivity contribution is -0.00119. The smallest absolute Gasteiger partial charge is 0.252 e. The maximum atomic E-state index is 12.5. The van der Waals surface area contributed by atoms with Crippen LogP contribution in [0.5, 0.6) is 0 Å². The second kappa shape index (κ2) is 6.77. The van der Waals surface area contributed by atoms with Gasteiger partial charge in [-0.2, -0.15) is 9.29 Å². The van der Waals surface area contributed by atoms with Gasteiger partial charge >= 0.3 is 0 Å². The first-order valence-electron chi connectivity index (χ1n) is 7.52. The van der Waals surface area contributed by atoms with Crippen molar-refractivity contribution in [2.24, 2.45) is 0 Å². The molecule has 124 valence electrons. The van der Waals surface area contributed by atoms with E-state index >= 15 is 0 Å². The predicted molar refractivity (Wildman–Crippen MR) is 82.0 cm³/mol. The van der Waals surface area contributed by atoms with Crippen LogP contribution in [0.4, 0.5) is 0 Å². The largest absolute Gasteiger partial charge is 0.368 e. The van der Waals surface area contributed by atoms with Gasteiger partial charge in [-0.25, -0.2) is 8.42 Å². The van der Waals surface area contributed by atoms with E-state index < -0.39 is 10.0 Å². The Morgan fingerprint density at radius 3 is 2.57 bits per heavy atom. The Morgan fingerprint density at radius 1 is 1.26 bits per heavy atom. The third-order valence-corrected chi connectivity index (χ3v) is 5.71. The fourth-order valence-electron chi connectivity index (χ4n) is 2.57. The molecule has 1 aromatic heterocycles. The minimum absolute atomic E-state index is 0.00410. The summed E-state index contributed by atoms with van der Waals surface area (Å²) in [6.45, 7) is 2.91. The number of hydrogen-bond acceptors (Lipinski definition) is 6. The van der Waals surface area contributed by atoms with Gasteiger partial charge in [-0.3, -0.25) is 0 Å². The molecule has 0 bridgehead atoms. The molecule has 2 aromatic rings. The van der Waals surface area contributed by atoms with Crippen molar-refractivity contribution in [1.82, 2.24) is 14.4 Å². The summed E-state index contributed by atoms with van der Waals surface area (Å²) in [5.74, 6) is 1.02. The van der Waals surface area contributed by atoms with E-state index in [0.717, 1.165) is 0 Å². The maximum Gasteiger partial charge on any atom is 0.252 e. The van der Waals surface area contributed by atoms with Crippen molar-refractivity contribution >= 4 is 10.0 Å². The van der Waals surface area contributed by atoms with Crippen molar-refractivity contribution < 1.29 is 17.7 Å². The van der Waals surface area contributed by atoms with E-state index in [-0.39, 0.29) is 12.7 Å². The highest BCUT2D eigenvalue weighted by molar-refractivity contribution is 7.89. The molecule has 3 rings (SSSR count). The first-order valence-corrected chi connectivity index (χ1v) is 8.96. The third-order valence-electron chi connectivity index (χ3n) is 3.79. The van der Waals surface area contributed by atoms with Gasteiger partial charge in [-0.1, -0.05) is 23.4 Å². The highest BCUT2D eigenvalue weighted by atomic mass is 32.2. The molecule has 1 aromatic carbocycles. The van der Waals surface area contributed by atoms with E-state index in [1.807, 2.05) is 0 Å².